The highest BCUT2D eigenvalue weighted by atomic mass is 16.5. The van der Waals surface area contributed by atoms with Gasteiger partial charge in [0.15, 0.2) is 0 Å². The van der Waals surface area contributed by atoms with Crippen LogP contribution < -0.4 is 14.4 Å². The number of aromatic nitrogens is 1. The first-order valence-corrected chi connectivity index (χ1v) is 9.59. The van der Waals surface area contributed by atoms with Gasteiger partial charge < -0.3 is 9.47 Å². The van der Waals surface area contributed by atoms with Gasteiger partial charge in [-0.15, -0.1) is 0 Å². The zero-order valence-electron chi connectivity index (χ0n) is 16.2. The van der Waals surface area contributed by atoms with E-state index in [1.54, 1.807) is 32.2 Å². The first-order chi connectivity index (χ1) is 13.3. The van der Waals surface area contributed by atoms with Crippen LogP contribution in [0.4, 0.5) is 5.82 Å². The number of pyridine rings is 1. The maximum Gasteiger partial charge on any atom is 0.241 e. The van der Waals surface area contributed by atoms with E-state index in [1.807, 2.05) is 19.1 Å². The van der Waals surface area contributed by atoms with Crippen molar-refractivity contribution >= 4 is 17.6 Å². The molecule has 5 rings (SSSR count). The standard InChI is InChI=1S/C22H22N2O4/c1-13-4-6-15(18-19(13)27-12-22(18)8-9-22)28-14-5-7-16(23-11-14)24-17(25)10-21(2,3)20(24)26/h4-7,11H,8-10,12H2,1-3H3. The number of carbonyl (C=O) groups is 2. The predicted octanol–water partition coefficient (Wildman–Crippen LogP) is 3.90. The third-order valence-electron chi connectivity index (χ3n) is 6.00. The van der Waals surface area contributed by atoms with Gasteiger partial charge in [0.2, 0.25) is 11.8 Å². The molecular weight excluding hydrogens is 356 g/mol. The molecule has 1 saturated carbocycles. The van der Waals surface area contributed by atoms with Gasteiger partial charge in [-0.3, -0.25) is 9.59 Å². The van der Waals surface area contributed by atoms with E-state index >= 15 is 0 Å². The van der Waals surface area contributed by atoms with Crippen molar-refractivity contribution in [2.45, 2.75) is 45.4 Å². The highest BCUT2D eigenvalue weighted by Crippen LogP contribution is 2.59. The number of carbonyl (C=O) groups excluding carboxylic acids is 2. The van der Waals surface area contributed by atoms with E-state index in [2.05, 4.69) is 4.98 Å². The van der Waals surface area contributed by atoms with Crippen molar-refractivity contribution in [3.63, 3.8) is 0 Å². The fraction of sp³-hybridized carbons (Fsp3) is 0.409. The van der Waals surface area contributed by atoms with Crippen molar-refractivity contribution < 1.29 is 19.1 Å². The molecule has 6 heteroatoms. The van der Waals surface area contributed by atoms with Gasteiger partial charge in [0.1, 0.15) is 23.1 Å². The van der Waals surface area contributed by atoms with E-state index in [0.717, 1.165) is 42.1 Å². The van der Waals surface area contributed by atoms with Crippen LogP contribution in [0.3, 0.4) is 0 Å². The topological polar surface area (TPSA) is 68.7 Å². The summed E-state index contributed by atoms with van der Waals surface area (Å²) in [6, 6.07) is 7.38. The Bertz CT molecular complexity index is 1010. The summed E-state index contributed by atoms with van der Waals surface area (Å²) in [5.74, 6) is 2.19. The quantitative estimate of drug-likeness (QED) is 0.758. The molecule has 1 aliphatic carbocycles. The average molecular weight is 378 g/mol. The van der Waals surface area contributed by atoms with Crippen LogP contribution in [0.25, 0.3) is 0 Å². The summed E-state index contributed by atoms with van der Waals surface area (Å²) in [5, 5.41) is 0. The number of aryl methyl sites for hydroxylation is 1. The number of nitrogens with zero attached hydrogens (tertiary/aromatic N) is 2. The van der Waals surface area contributed by atoms with Crippen molar-refractivity contribution in [1.82, 2.24) is 4.98 Å². The Kier molecular flexibility index (Phi) is 3.42. The normalized spacial score (nSPS) is 21.0. The second-order valence-electron chi connectivity index (χ2n) is 8.70. The van der Waals surface area contributed by atoms with Crippen molar-refractivity contribution in [1.29, 1.82) is 0 Å². The average Bonchev–Trinajstić information content (AvgIpc) is 3.26. The van der Waals surface area contributed by atoms with Gasteiger partial charge in [0, 0.05) is 17.4 Å². The van der Waals surface area contributed by atoms with Gasteiger partial charge in [-0.05, 0) is 43.5 Å². The van der Waals surface area contributed by atoms with Gasteiger partial charge in [0.05, 0.1) is 18.2 Å². The van der Waals surface area contributed by atoms with Gasteiger partial charge >= 0.3 is 0 Å². The molecule has 0 atom stereocenters. The third kappa shape index (κ3) is 2.44. The largest absolute Gasteiger partial charge is 0.492 e. The number of anilines is 1. The first-order valence-electron chi connectivity index (χ1n) is 9.59. The van der Waals surface area contributed by atoms with Crippen molar-refractivity contribution in [3.8, 4) is 17.2 Å². The molecule has 2 aliphatic heterocycles. The van der Waals surface area contributed by atoms with E-state index < -0.39 is 5.41 Å². The van der Waals surface area contributed by atoms with Crippen LogP contribution in [0.15, 0.2) is 30.5 Å². The van der Waals surface area contributed by atoms with Gasteiger partial charge in [-0.1, -0.05) is 19.9 Å². The van der Waals surface area contributed by atoms with Crippen LogP contribution in [0, 0.1) is 12.3 Å². The Labute approximate surface area is 163 Å². The number of benzene rings is 1. The molecular formula is C22H22N2O4. The fourth-order valence-corrected chi connectivity index (χ4v) is 4.14. The fourth-order valence-electron chi connectivity index (χ4n) is 4.14. The smallest absolute Gasteiger partial charge is 0.241 e. The molecule has 0 radical (unpaired) electrons. The van der Waals surface area contributed by atoms with Crippen molar-refractivity contribution in [3.05, 3.63) is 41.6 Å². The molecule has 2 fully saturated rings. The lowest BCUT2D eigenvalue weighted by molar-refractivity contribution is -0.124. The molecule has 1 aromatic carbocycles. The molecule has 3 heterocycles. The third-order valence-corrected chi connectivity index (χ3v) is 6.00. The lowest BCUT2D eigenvalue weighted by Gasteiger charge is -2.17. The van der Waals surface area contributed by atoms with Crippen LogP contribution in [0.5, 0.6) is 17.2 Å². The Morgan fingerprint density at radius 3 is 2.54 bits per heavy atom. The minimum atomic E-state index is -0.686. The Hall–Kier alpha value is -2.89. The maximum absolute atomic E-state index is 12.5. The summed E-state index contributed by atoms with van der Waals surface area (Å²) in [5.41, 5.74) is 1.69. The number of fused-ring (bicyclic) bond motifs is 2. The van der Waals surface area contributed by atoms with Crippen LogP contribution in [0.2, 0.25) is 0 Å². The van der Waals surface area contributed by atoms with Crippen molar-refractivity contribution in [2.75, 3.05) is 11.5 Å². The second kappa shape index (κ2) is 5.56. The molecule has 0 bridgehead atoms. The summed E-state index contributed by atoms with van der Waals surface area (Å²) in [6.07, 6.45) is 3.99. The van der Waals surface area contributed by atoms with Crippen LogP contribution >= 0.6 is 0 Å². The zero-order chi connectivity index (χ0) is 19.7. The van der Waals surface area contributed by atoms with Crippen molar-refractivity contribution in [2.24, 2.45) is 5.41 Å². The molecule has 2 aromatic rings. The minimum Gasteiger partial charge on any atom is -0.492 e. The maximum atomic E-state index is 12.5. The molecule has 1 spiro atoms. The molecule has 0 N–H and O–H groups in total. The Morgan fingerprint density at radius 2 is 1.93 bits per heavy atom. The number of rotatable bonds is 3. The summed E-state index contributed by atoms with van der Waals surface area (Å²) in [6.45, 7) is 6.32. The molecule has 28 heavy (non-hydrogen) atoms. The lowest BCUT2D eigenvalue weighted by atomic mass is 9.92. The van der Waals surface area contributed by atoms with Gasteiger partial charge in [-0.2, -0.15) is 0 Å². The first kappa shape index (κ1) is 17.2. The molecule has 1 saturated heterocycles. The van der Waals surface area contributed by atoms with Crippen LogP contribution in [-0.2, 0) is 15.0 Å². The van der Waals surface area contributed by atoms with E-state index in [4.69, 9.17) is 9.47 Å². The number of hydrogen-bond acceptors (Lipinski definition) is 5. The molecule has 0 unspecified atom stereocenters. The molecule has 1 aromatic heterocycles. The van der Waals surface area contributed by atoms with Crippen LogP contribution in [-0.4, -0.2) is 23.4 Å². The molecule has 2 amide bonds. The predicted molar refractivity (Wildman–Crippen MR) is 103 cm³/mol. The monoisotopic (exact) mass is 378 g/mol. The van der Waals surface area contributed by atoms with Gasteiger partial charge in [-0.25, -0.2) is 9.88 Å². The zero-order valence-corrected chi connectivity index (χ0v) is 16.2. The number of amides is 2. The molecule has 3 aliphatic rings. The minimum absolute atomic E-state index is 0.101. The van der Waals surface area contributed by atoms with E-state index in [1.165, 1.54) is 4.90 Å². The summed E-state index contributed by atoms with van der Waals surface area (Å²) < 4.78 is 12.1. The van der Waals surface area contributed by atoms with Gasteiger partial charge in [0.25, 0.3) is 0 Å². The summed E-state index contributed by atoms with van der Waals surface area (Å²) in [7, 11) is 0. The van der Waals surface area contributed by atoms with E-state index in [9.17, 15) is 9.59 Å². The molecule has 6 nitrogen and oxygen atoms in total. The SMILES string of the molecule is Cc1ccc(Oc2ccc(N3C(=O)CC(C)(C)C3=O)nc2)c2c1OCC21CC1. The molecule has 144 valence electrons. The van der Waals surface area contributed by atoms with Crippen LogP contribution in [0.1, 0.15) is 44.2 Å². The Morgan fingerprint density at radius 1 is 1.14 bits per heavy atom. The second-order valence-corrected chi connectivity index (χ2v) is 8.70. The lowest BCUT2D eigenvalue weighted by Crippen LogP contribution is -2.33. The van der Waals surface area contributed by atoms with E-state index in [0.29, 0.717) is 11.6 Å². The number of ether oxygens (including phenoxy) is 2. The Balaban J connectivity index is 1.43. The highest BCUT2D eigenvalue weighted by Gasteiger charge is 2.53. The van der Waals surface area contributed by atoms with E-state index in [-0.39, 0.29) is 23.7 Å². The number of hydrogen-bond donors (Lipinski definition) is 0. The number of imide groups is 1. The highest BCUT2D eigenvalue weighted by molar-refractivity contribution is 6.21. The summed E-state index contributed by atoms with van der Waals surface area (Å²) >= 11 is 0. The summed E-state index contributed by atoms with van der Waals surface area (Å²) in [4.78, 5) is 30.2.